The summed E-state index contributed by atoms with van der Waals surface area (Å²) in [5.41, 5.74) is 4.85. The quantitative estimate of drug-likeness (QED) is 0.654. The van der Waals surface area contributed by atoms with Crippen molar-refractivity contribution in [2.45, 2.75) is 0 Å². The number of primary amides is 1. The SMILES string of the molecule is NC(=O)c1ccc([N+](=O)[O-])c(Oc2ccccc2O)c1. The van der Waals surface area contributed by atoms with Gasteiger partial charge in [-0.2, -0.15) is 0 Å². The smallest absolute Gasteiger partial charge is 0.311 e. The number of nitro benzene ring substituents is 1. The third kappa shape index (κ3) is 2.66. The molecule has 0 radical (unpaired) electrons. The molecule has 0 bridgehead atoms. The monoisotopic (exact) mass is 274 g/mol. The maximum absolute atomic E-state index is 11.1. The van der Waals surface area contributed by atoms with E-state index in [1.807, 2.05) is 0 Å². The van der Waals surface area contributed by atoms with Crippen molar-refractivity contribution >= 4 is 11.6 Å². The molecule has 0 unspecified atom stereocenters. The Morgan fingerprint density at radius 3 is 2.50 bits per heavy atom. The molecule has 0 aliphatic rings. The number of nitrogens with zero attached hydrogens (tertiary/aromatic N) is 1. The number of phenols is 1. The molecule has 0 atom stereocenters. The van der Waals surface area contributed by atoms with E-state index in [0.29, 0.717) is 0 Å². The highest BCUT2D eigenvalue weighted by molar-refractivity contribution is 5.93. The summed E-state index contributed by atoms with van der Waals surface area (Å²) in [6.07, 6.45) is 0. The van der Waals surface area contributed by atoms with Crippen LogP contribution in [0.3, 0.4) is 0 Å². The van der Waals surface area contributed by atoms with Crippen molar-refractivity contribution in [3.05, 3.63) is 58.1 Å². The van der Waals surface area contributed by atoms with Gasteiger partial charge in [0.15, 0.2) is 11.5 Å². The number of amides is 1. The zero-order valence-electron chi connectivity index (χ0n) is 10.1. The number of hydrogen-bond acceptors (Lipinski definition) is 5. The molecule has 3 N–H and O–H groups in total. The second-order valence-corrected chi connectivity index (χ2v) is 3.87. The van der Waals surface area contributed by atoms with Gasteiger partial charge in [0.25, 0.3) is 0 Å². The Hall–Kier alpha value is -3.09. The summed E-state index contributed by atoms with van der Waals surface area (Å²) in [4.78, 5) is 21.4. The van der Waals surface area contributed by atoms with Crippen LogP contribution in [0.5, 0.6) is 17.2 Å². The number of aromatic hydroxyl groups is 1. The lowest BCUT2D eigenvalue weighted by molar-refractivity contribution is -0.385. The standard InChI is InChI=1S/C13H10N2O5/c14-13(17)8-5-6-9(15(18)19)12(7-8)20-11-4-2-1-3-10(11)16/h1-7,16H,(H2,14,17). The van der Waals surface area contributed by atoms with Gasteiger partial charge >= 0.3 is 5.69 Å². The molecule has 1 amide bonds. The number of para-hydroxylation sites is 2. The molecule has 0 saturated heterocycles. The first kappa shape index (κ1) is 13.3. The lowest BCUT2D eigenvalue weighted by atomic mass is 10.2. The highest BCUT2D eigenvalue weighted by Crippen LogP contribution is 2.35. The first-order chi connectivity index (χ1) is 9.49. The van der Waals surface area contributed by atoms with Crippen LogP contribution in [-0.2, 0) is 0 Å². The van der Waals surface area contributed by atoms with Crippen LogP contribution in [0.2, 0.25) is 0 Å². The maximum Gasteiger partial charge on any atom is 0.311 e. The first-order valence-corrected chi connectivity index (χ1v) is 5.53. The van der Waals surface area contributed by atoms with Crippen molar-refractivity contribution in [3.8, 4) is 17.2 Å². The highest BCUT2D eigenvalue weighted by atomic mass is 16.6. The predicted molar refractivity (Wildman–Crippen MR) is 69.8 cm³/mol. The van der Waals surface area contributed by atoms with E-state index in [1.54, 1.807) is 12.1 Å². The summed E-state index contributed by atoms with van der Waals surface area (Å²) in [6, 6.07) is 9.50. The van der Waals surface area contributed by atoms with E-state index < -0.39 is 10.8 Å². The van der Waals surface area contributed by atoms with Crippen LogP contribution in [0.4, 0.5) is 5.69 Å². The summed E-state index contributed by atoms with van der Waals surface area (Å²) in [5, 5.41) is 20.5. The summed E-state index contributed by atoms with van der Waals surface area (Å²) >= 11 is 0. The van der Waals surface area contributed by atoms with Crippen molar-refractivity contribution in [2.75, 3.05) is 0 Å². The number of ether oxygens (including phenoxy) is 1. The van der Waals surface area contributed by atoms with Crippen molar-refractivity contribution in [1.29, 1.82) is 0 Å². The van der Waals surface area contributed by atoms with Crippen molar-refractivity contribution < 1.29 is 19.6 Å². The summed E-state index contributed by atoms with van der Waals surface area (Å²) < 4.78 is 5.29. The van der Waals surface area contributed by atoms with E-state index in [4.69, 9.17) is 10.5 Å². The number of phenolic OH excluding ortho intramolecular Hbond substituents is 1. The number of hydrogen-bond donors (Lipinski definition) is 2. The molecule has 2 aromatic carbocycles. The van der Waals surface area contributed by atoms with E-state index in [2.05, 4.69) is 0 Å². The lowest BCUT2D eigenvalue weighted by Gasteiger charge is -2.08. The fourth-order valence-electron chi connectivity index (χ4n) is 1.56. The van der Waals surface area contributed by atoms with Crippen LogP contribution < -0.4 is 10.5 Å². The second kappa shape index (κ2) is 5.27. The average Bonchev–Trinajstić information content (AvgIpc) is 2.41. The van der Waals surface area contributed by atoms with Crippen LogP contribution in [0.15, 0.2) is 42.5 Å². The molecule has 0 aliphatic carbocycles. The van der Waals surface area contributed by atoms with Crippen LogP contribution in [0.25, 0.3) is 0 Å². The van der Waals surface area contributed by atoms with Gasteiger partial charge in [0.2, 0.25) is 11.7 Å². The summed E-state index contributed by atoms with van der Waals surface area (Å²) in [6.45, 7) is 0. The molecule has 0 heterocycles. The van der Waals surface area contributed by atoms with Gasteiger partial charge in [-0.3, -0.25) is 14.9 Å². The second-order valence-electron chi connectivity index (χ2n) is 3.87. The first-order valence-electron chi connectivity index (χ1n) is 5.53. The molecule has 0 fully saturated rings. The molecular formula is C13H10N2O5. The van der Waals surface area contributed by atoms with Gasteiger partial charge in [0.1, 0.15) is 0 Å². The van der Waals surface area contributed by atoms with Crippen molar-refractivity contribution in [2.24, 2.45) is 5.73 Å². The molecule has 2 rings (SSSR count). The van der Waals surface area contributed by atoms with Crippen LogP contribution in [0.1, 0.15) is 10.4 Å². The Kier molecular flexibility index (Phi) is 3.52. The topological polar surface area (TPSA) is 116 Å². The predicted octanol–water partition coefficient (Wildman–Crippen LogP) is 2.19. The number of rotatable bonds is 4. The minimum atomic E-state index is -0.734. The normalized spacial score (nSPS) is 10.0. The van der Waals surface area contributed by atoms with E-state index in [0.717, 1.165) is 12.1 Å². The third-order valence-corrected chi connectivity index (χ3v) is 2.53. The Morgan fingerprint density at radius 1 is 1.20 bits per heavy atom. The number of carbonyl (C=O) groups is 1. The number of carbonyl (C=O) groups excluding carboxylic acids is 1. The molecule has 0 saturated carbocycles. The van der Waals surface area contributed by atoms with Gasteiger partial charge in [0, 0.05) is 17.7 Å². The number of nitro groups is 1. The van der Waals surface area contributed by atoms with Gasteiger partial charge in [-0.05, 0) is 18.2 Å². The minimum Gasteiger partial charge on any atom is -0.504 e. The summed E-state index contributed by atoms with van der Waals surface area (Å²) in [5.74, 6) is -1.04. The molecule has 0 spiro atoms. The van der Waals surface area contributed by atoms with Crippen molar-refractivity contribution in [3.63, 3.8) is 0 Å². The van der Waals surface area contributed by atoms with Gasteiger partial charge < -0.3 is 15.6 Å². The molecule has 0 aromatic heterocycles. The third-order valence-electron chi connectivity index (χ3n) is 2.53. The Bertz CT molecular complexity index is 684. The summed E-state index contributed by atoms with van der Waals surface area (Å²) in [7, 11) is 0. The average molecular weight is 274 g/mol. The highest BCUT2D eigenvalue weighted by Gasteiger charge is 2.18. The zero-order chi connectivity index (χ0) is 14.7. The van der Waals surface area contributed by atoms with Gasteiger partial charge in [-0.1, -0.05) is 12.1 Å². The Morgan fingerprint density at radius 2 is 1.90 bits per heavy atom. The maximum atomic E-state index is 11.1. The van der Waals surface area contributed by atoms with Gasteiger partial charge in [0.05, 0.1) is 4.92 Å². The zero-order valence-corrected chi connectivity index (χ0v) is 10.1. The van der Waals surface area contributed by atoms with Crippen LogP contribution in [-0.4, -0.2) is 15.9 Å². The molecule has 0 aliphatic heterocycles. The molecule has 2 aromatic rings. The largest absolute Gasteiger partial charge is 0.504 e. The van der Waals surface area contributed by atoms with E-state index >= 15 is 0 Å². The minimum absolute atomic E-state index is 0.0391. The fraction of sp³-hybridized carbons (Fsp3) is 0. The van der Waals surface area contributed by atoms with E-state index in [9.17, 15) is 20.0 Å². The fourth-order valence-corrected chi connectivity index (χ4v) is 1.56. The molecule has 102 valence electrons. The molecule has 7 nitrogen and oxygen atoms in total. The Labute approximate surface area is 113 Å². The lowest BCUT2D eigenvalue weighted by Crippen LogP contribution is -2.11. The van der Waals surface area contributed by atoms with E-state index in [-0.39, 0.29) is 28.5 Å². The number of nitrogens with two attached hydrogens (primary N) is 1. The Balaban J connectivity index is 2.48. The molecular weight excluding hydrogens is 264 g/mol. The molecule has 7 heteroatoms. The van der Waals surface area contributed by atoms with Crippen molar-refractivity contribution in [1.82, 2.24) is 0 Å². The van der Waals surface area contributed by atoms with E-state index in [1.165, 1.54) is 18.2 Å². The number of benzene rings is 2. The molecule has 20 heavy (non-hydrogen) atoms. The van der Waals surface area contributed by atoms with Gasteiger partial charge in [-0.25, -0.2) is 0 Å². The van der Waals surface area contributed by atoms with Crippen LogP contribution >= 0.6 is 0 Å². The van der Waals surface area contributed by atoms with Crippen LogP contribution in [0, 0.1) is 10.1 Å². The van der Waals surface area contributed by atoms with Gasteiger partial charge in [-0.15, -0.1) is 0 Å².